The van der Waals surface area contributed by atoms with E-state index >= 15 is 0 Å². The van der Waals surface area contributed by atoms with Crippen LogP contribution < -0.4 is 4.74 Å². The van der Waals surface area contributed by atoms with Gasteiger partial charge in [-0.15, -0.1) is 0 Å². The smallest absolute Gasteiger partial charge is 0.342 e. The highest BCUT2D eigenvalue weighted by molar-refractivity contribution is 6.09. The Labute approximate surface area is 199 Å². The maximum absolute atomic E-state index is 12.8. The van der Waals surface area contributed by atoms with Crippen molar-refractivity contribution in [2.45, 2.75) is 13.0 Å². The Balaban J connectivity index is 1.45. The van der Waals surface area contributed by atoms with E-state index in [9.17, 15) is 9.90 Å². The third kappa shape index (κ3) is 5.77. The number of hydrogen-bond acceptors (Lipinski definition) is 8. The Morgan fingerprint density at radius 2 is 1.82 bits per heavy atom. The molecule has 3 aromatic rings. The van der Waals surface area contributed by atoms with Crippen LogP contribution in [0.25, 0.3) is 22.3 Å². The standard InChI is InChI=1S/C26H32N2O6/c1-2-32-26(31)24-22-16-21(8-9-23(22)34-25(24)19-6-4-3-5-7-19)33-18-20(30)17-28-12-10-27(11-13-28)14-15-29/h3-9,16,20,29-30H,2,10-15,17-18H2,1H3/t20-/m0/s1. The number of ether oxygens (including phenoxy) is 2. The molecule has 1 aliphatic heterocycles. The second-order valence-corrected chi connectivity index (χ2v) is 8.38. The van der Waals surface area contributed by atoms with Crippen LogP contribution in [-0.4, -0.2) is 91.2 Å². The van der Waals surface area contributed by atoms with Crippen molar-refractivity contribution >= 4 is 16.9 Å². The first-order valence-corrected chi connectivity index (χ1v) is 11.7. The minimum atomic E-state index is -0.645. The van der Waals surface area contributed by atoms with Crippen LogP contribution in [0.2, 0.25) is 0 Å². The van der Waals surface area contributed by atoms with Gasteiger partial charge in [0.1, 0.15) is 35.4 Å². The van der Waals surface area contributed by atoms with Gasteiger partial charge in [-0.05, 0) is 25.1 Å². The topological polar surface area (TPSA) is 95.6 Å². The first-order chi connectivity index (χ1) is 16.6. The van der Waals surface area contributed by atoms with Crippen LogP contribution in [-0.2, 0) is 4.74 Å². The fourth-order valence-electron chi connectivity index (χ4n) is 4.25. The fourth-order valence-corrected chi connectivity index (χ4v) is 4.25. The summed E-state index contributed by atoms with van der Waals surface area (Å²) < 4.78 is 17.2. The Hall–Kier alpha value is -2.91. The molecule has 0 spiro atoms. The van der Waals surface area contributed by atoms with E-state index in [0.29, 0.717) is 41.1 Å². The SMILES string of the molecule is CCOC(=O)c1c(-c2ccccc2)oc2ccc(OC[C@@H](O)CN3CCN(CCO)CC3)cc12. The lowest BCUT2D eigenvalue weighted by Crippen LogP contribution is -2.49. The summed E-state index contributed by atoms with van der Waals surface area (Å²) >= 11 is 0. The van der Waals surface area contributed by atoms with Gasteiger partial charge in [-0.25, -0.2) is 4.79 Å². The molecule has 4 rings (SSSR count). The van der Waals surface area contributed by atoms with E-state index < -0.39 is 12.1 Å². The van der Waals surface area contributed by atoms with Crippen LogP contribution in [0.1, 0.15) is 17.3 Å². The molecule has 0 radical (unpaired) electrons. The monoisotopic (exact) mass is 468 g/mol. The number of piperazine rings is 1. The van der Waals surface area contributed by atoms with E-state index in [0.717, 1.165) is 31.7 Å². The summed E-state index contributed by atoms with van der Waals surface area (Å²) in [5, 5.41) is 20.2. The van der Waals surface area contributed by atoms with Crippen molar-refractivity contribution < 1.29 is 28.9 Å². The van der Waals surface area contributed by atoms with Gasteiger partial charge in [0.05, 0.1) is 13.2 Å². The van der Waals surface area contributed by atoms with Crippen molar-refractivity contribution in [2.75, 3.05) is 59.1 Å². The molecule has 0 amide bonds. The molecule has 0 bridgehead atoms. The van der Waals surface area contributed by atoms with E-state index in [-0.39, 0.29) is 19.8 Å². The predicted octanol–water partition coefficient (Wildman–Crippen LogP) is 2.63. The summed E-state index contributed by atoms with van der Waals surface area (Å²) in [4.78, 5) is 17.2. The Morgan fingerprint density at radius 3 is 2.53 bits per heavy atom. The second kappa shape index (κ2) is 11.5. The number of nitrogens with zero attached hydrogens (tertiary/aromatic N) is 2. The van der Waals surface area contributed by atoms with Crippen molar-refractivity contribution in [2.24, 2.45) is 0 Å². The number of furan rings is 1. The summed E-state index contributed by atoms with van der Waals surface area (Å²) in [6.07, 6.45) is -0.645. The average molecular weight is 469 g/mol. The van der Waals surface area contributed by atoms with E-state index in [2.05, 4.69) is 9.80 Å². The fraction of sp³-hybridized carbons (Fsp3) is 0.423. The number of carbonyl (C=O) groups excluding carboxylic acids is 1. The molecule has 1 atom stereocenters. The number of carbonyl (C=O) groups is 1. The molecule has 182 valence electrons. The highest BCUT2D eigenvalue weighted by atomic mass is 16.5. The van der Waals surface area contributed by atoms with Gasteiger partial charge in [0.2, 0.25) is 0 Å². The molecular formula is C26H32N2O6. The lowest BCUT2D eigenvalue weighted by molar-refractivity contribution is 0.0428. The Morgan fingerprint density at radius 1 is 1.09 bits per heavy atom. The molecule has 1 aromatic heterocycles. The predicted molar refractivity (Wildman–Crippen MR) is 129 cm³/mol. The van der Waals surface area contributed by atoms with Gasteiger partial charge in [-0.3, -0.25) is 9.80 Å². The minimum absolute atomic E-state index is 0.139. The summed E-state index contributed by atoms with van der Waals surface area (Å²) in [7, 11) is 0. The van der Waals surface area contributed by atoms with E-state index in [1.165, 1.54) is 0 Å². The zero-order chi connectivity index (χ0) is 23.9. The number of benzene rings is 2. The molecule has 1 aliphatic rings. The van der Waals surface area contributed by atoms with Gasteiger partial charge in [0, 0.05) is 50.2 Å². The zero-order valence-corrected chi connectivity index (χ0v) is 19.5. The van der Waals surface area contributed by atoms with E-state index in [1.54, 1.807) is 25.1 Å². The van der Waals surface area contributed by atoms with Gasteiger partial charge in [0.15, 0.2) is 0 Å². The van der Waals surface area contributed by atoms with Crippen LogP contribution in [0.15, 0.2) is 52.9 Å². The minimum Gasteiger partial charge on any atom is -0.491 e. The quantitative estimate of drug-likeness (QED) is 0.439. The Kier molecular flexibility index (Phi) is 8.18. The molecule has 0 unspecified atom stereocenters. The molecule has 2 heterocycles. The third-order valence-corrected chi connectivity index (χ3v) is 5.97. The van der Waals surface area contributed by atoms with Crippen LogP contribution in [0, 0.1) is 0 Å². The first kappa shape index (κ1) is 24.2. The number of fused-ring (bicyclic) bond motifs is 1. The first-order valence-electron chi connectivity index (χ1n) is 11.7. The number of esters is 1. The van der Waals surface area contributed by atoms with E-state index in [4.69, 9.17) is 19.0 Å². The van der Waals surface area contributed by atoms with Crippen molar-refractivity contribution in [3.8, 4) is 17.1 Å². The third-order valence-electron chi connectivity index (χ3n) is 5.97. The molecule has 1 fully saturated rings. The van der Waals surface area contributed by atoms with Crippen LogP contribution >= 0.6 is 0 Å². The molecule has 2 N–H and O–H groups in total. The Bertz CT molecular complexity index is 1080. The molecule has 0 saturated carbocycles. The van der Waals surface area contributed by atoms with Crippen molar-refractivity contribution in [3.05, 3.63) is 54.1 Å². The summed E-state index contributed by atoms with van der Waals surface area (Å²) in [6.45, 7) is 7.01. The summed E-state index contributed by atoms with van der Waals surface area (Å²) in [5.41, 5.74) is 1.73. The van der Waals surface area contributed by atoms with Crippen molar-refractivity contribution in [1.82, 2.24) is 9.80 Å². The number of aliphatic hydroxyl groups is 2. The van der Waals surface area contributed by atoms with Crippen LogP contribution in [0.5, 0.6) is 5.75 Å². The highest BCUT2D eigenvalue weighted by Crippen LogP contribution is 2.36. The lowest BCUT2D eigenvalue weighted by atomic mass is 10.1. The molecule has 1 saturated heterocycles. The molecule has 8 nitrogen and oxygen atoms in total. The van der Waals surface area contributed by atoms with Crippen molar-refractivity contribution in [3.63, 3.8) is 0 Å². The molecule has 0 aliphatic carbocycles. The second-order valence-electron chi connectivity index (χ2n) is 8.38. The largest absolute Gasteiger partial charge is 0.491 e. The highest BCUT2D eigenvalue weighted by Gasteiger charge is 2.24. The molecule has 8 heteroatoms. The summed E-state index contributed by atoms with van der Waals surface area (Å²) in [6, 6.07) is 14.8. The molecule has 2 aromatic carbocycles. The van der Waals surface area contributed by atoms with Gasteiger partial charge < -0.3 is 24.1 Å². The van der Waals surface area contributed by atoms with Crippen LogP contribution in [0.4, 0.5) is 0 Å². The molecular weight excluding hydrogens is 436 g/mol. The zero-order valence-electron chi connectivity index (χ0n) is 19.5. The number of β-amino-alcohol motifs (C(OH)–C–C–N with tert-alkyl or cyclic N) is 2. The average Bonchev–Trinajstić information content (AvgIpc) is 3.24. The maximum atomic E-state index is 12.8. The van der Waals surface area contributed by atoms with Gasteiger partial charge in [-0.1, -0.05) is 30.3 Å². The van der Waals surface area contributed by atoms with Gasteiger partial charge in [-0.2, -0.15) is 0 Å². The lowest BCUT2D eigenvalue weighted by Gasteiger charge is -2.35. The number of aliphatic hydroxyl groups excluding tert-OH is 2. The van der Waals surface area contributed by atoms with Crippen molar-refractivity contribution in [1.29, 1.82) is 0 Å². The summed E-state index contributed by atoms with van der Waals surface area (Å²) in [5.74, 6) is 0.564. The number of hydrogen-bond donors (Lipinski definition) is 2. The number of rotatable bonds is 10. The molecule has 34 heavy (non-hydrogen) atoms. The van der Waals surface area contributed by atoms with E-state index in [1.807, 2.05) is 30.3 Å². The maximum Gasteiger partial charge on any atom is 0.342 e. The van der Waals surface area contributed by atoms with Gasteiger partial charge in [0.25, 0.3) is 0 Å². The van der Waals surface area contributed by atoms with Crippen LogP contribution in [0.3, 0.4) is 0 Å². The normalized spacial score (nSPS) is 16.0. The van der Waals surface area contributed by atoms with Gasteiger partial charge >= 0.3 is 5.97 Å².